The number of fused-ring (bicyclic) bond motifs is 1. The molecule has 2 N–H and O–H groups in total. The molecule has 0 saturated heterocycles. The van der Waals surface area contributed by atoms with Gasteiger partial charge in [0.2, 0.25) is 0 Å². The van der Waals surface area contributed by atoms with Gasteiger partial charge in [-0.25, -0.2) is 0 Å². The lowest BCUT2D eigenvalue weighted by atomic mass is 9.81. The molecule has 0 fully saturated rings. The SMILES string of the molecule is CC1N(CCCCCC(=O)O)c2ccc(S(=O)(=O)O)cc2C1(C)C. The van der Waals surface area contributed by atoms with E-state index in [0.717, 1.165) is 30.6 Å². The molecule has 24 heavy (non-hydrogen) atoms. The minimum atomic E-state index is -4.22. The summed E-state index contributed by atoms with van der Waals surface area (Å²) in [5, 5.41) is 8.68. The first-order valence-electron chi connectivity index (χ1n) is 8.15. The predicted molar refractivity (Wildman–Crippen MR) is 92.2 cm³/mol. The molecule has 0 spiro atoms. The first-order chi connectivity index (χ1) is 11.0. The molecule has 0 radical (unpaired) electrons. The van der Waals surface area contributed by atoms with Gasteiger partial charge in [-0.05, 0) is 43.5 Å². The van der Waals surface area contributed by atoms with Gasteiger partial charge in [0.25, 0.3) is 10.1 Å². The molecule has 0 amide bonds. The van der Waals surface area contributed by atoms with Crippen LogP contribution < -0.4 is 4.90 Å². The van der Waals surface area contributed by atoms with Crippen LogP contribution in [0.1, 0.15) is 52.0 Å². The quantitative estimate of drug-likeness (QED) is 0.576. The third-order valence-electron chi connectivity index (χ3n) is 5.07. The first kappa shape index (κ1) is 18.7. The van der Waals surface area contributed by atoms with Gasteiger partial charge in [0.1, 0.15) is 0 Å². The molecule has 1 heterocycles. The Labute approximate surface area is 143 Å². The summed E-state index contributed by atoms with van der Waals surface area (Å²) in [7, 11) is -4.22. The van der Waals surface area contributed by atoms with E-state index in [-0.39, 0.29) is 22.8 Å². The highest BCUT2D eigenvalue weighted by molar-refractivity contribution is 7.85. The minimum Gasteiger partial charge on any atom is -0.481 e. The van der Waals surface area contributed by atoms with Crippen molar-refractivity contribution in [3.8, 4) is 0 Å². The molecule has 1 unspecified atom stereocenters. The van der Waals surface area contributed by atoms with E-state index in [9.17, 15) is 17.8 Å². The summed E-state index contributed by atoms with van der Waals surface area (Å²) in [6.45, 7) is 7.02. The number of aliphatic carboxylic acids is 1. The number of hydrogen-bond donors (Lipinski definition) is 2. The van der Waals surface area contributed by atoms with Gasteiger partial charge in [0, 0.05) is 30.1 Å². The molecule has 0 aromatic heterocycles. The Hall–Kier alpha value is -1.60. The largest absolute Gasteiger partial charge is 0.481 e. The third-order valence-corrected chi connectivity index (χ3v) is 5.92. The number of anilines is 1. The molecule has 1 aromatic rings. The van der Waals surface area contributed by atoms with Crippen molar-refractivity contribution in [1.29, 1.82) is 0 Å². The van der Waals surface area contributed by atoms with Crippen LogP contribution in [-0.4, -0.2) is 36.6 Å². The van der Waals surface area contributed by atoms with Crippen molar-refractivity contribution in [3.63, 3.8) is 0 Å². The van der Waals surface area contributed by atoms with Crippen LogP contribution in [0.15, 0.2) is 23.1 Å². The van der Waals surface area contributed by atoms with E-state index < -0.39 is 16.1 Å². The lowest BCUT2D eigenvalue weighted by molar-refractivity contribution is -0.137. The third kappa shape index (κ3) is 3.72. The van der Waals surface area contributed by atoms with E-state index in [2.05, 4.69) is 25.7 Å². The second-order valence-corrected chi connectivity index (χ2v) is 8.37. The molecule has 1 aliphatic heterocycles. The number of carboxylic acid groups (broad SMARTS) is 1. The van der Waals surface area contributed by atoms with Gasteiger partial charge in [-0.15, -0.1) is 0 Å². The van der Waals surface area contributed by atoms with Gasteiger partial charge in [-0.1, -0.05) is 20.3 Å². The Kier molecular flexibility index (Phi) is 5.25. The Morgan fingerprint density at radius 3 is 2.50 bits per heavy atom. The van der Waals surface area contributed by atoms with Crippen LogP contribution in [0.5, 0.6) is 0 Å². The summed E-state index contributed by atoms with van der Waals surface area (Å²) in [6.07, 6.45) is 2.58. The topological polar surface area (TPSA) is 94.9 Å². The highest BCUT2D eigenvalue weighted by atomic mass is 32.2. The van der Waals surface area contributed by atoms with Crippen LogP contribution in [0.25, 0.3) is 0 Å². The maximum atomic E-state index is 11.4. The number of hydrogen-bond acceptors (Lipinski definition) is 4. The van der Waals surface area contributed by atoms with Crippen LogP contribution in [0.3, 0.4) is 0 Å². The molecule has 1 atom stereocenters. The number of carboxylic acids is 1. The van der Waals surface area contributed by atoms with Gasteiger partial charge >= 0.3 is 5.97 Å². The van der Waals surface area contributed by atoms with E-state index in [1.807, 2.05) is 0 Å². The summed E-state index contributed by atoms with van der Waals surface area (Å²) < 4.78 is 32.1. The summed E-state index contributed by atoms with van der Waals surface area (Å²) in [5.41, 5.74) is 1.66. The maximum Gasteiger partial charge on any atom is 0.303 e. The van der Waals surface area contributed by atoms with E-state index in [1.54, 1.807) is 12.1 Å². The molecular formula is C17H25NO5S. The van der Waals surface area contributed by atoms with Crippen LogP contribution in [0, 0.1) is 0 Å². The fourth-order valence-corrected chi connectivity index (χ4v) is 3.82. The lowest BCUT2D eigenvalue weighted by Crippen LogP contribution is -2.39. The monoisotopic (exact) mass is 355 g/mol. The van der Waals surface area contributed by atoms with E-state index in [4.69, 9.17) is 5.11 Å². The average Bonchev–Trinajstić information content (AvgIpc) is 2.66. The second kappa shape index (κ2) is 6.72. The van der Waals surface area contributed by atoms with Crippen molar-refractivity contribution < 1.29 is 22.9 Å². The van der Waals surface area contributed by atoms with E-state index in [1.165, 1.54) is 6.07 Å². The van der Waals surface area contributed by atoms with Crippen LogP contribution in [0.4, 0.5) is 5.69 Å². The highest BCUT2D eigenvalue weighted by Crippen LogP contribution is 2.45. The standard InChI is InChI=1S/C17H25NO5S/c1-12-17(2,3)14-11-13(24(21,22)23)8-9-15(14)18(12)10-6-4-5-7-16(19)20/h8-9,11-12H,4-7,10H2,1-3H3,(H,19,20)(H,21,22,23). The number of rotatable bonds is 7. The Morgan fingerprint density at radius 2 is 1.92 bits per heavy atom. The molecule has 0 bridgehead atoms. The van der Waals surface area contributed by atoms with Crippen molar-refractivity contribution in [2.24, 2.45) is 0 Å². The Morgan fingerprint density at radius 1 is 1.25 bits per heavy atom. The van der Waals surface area contributed by atoms with Gasteiger partial charge in [0.05, 0.1) is 4.90 Å². The smallest absolute Gasteiger partial charge is 0.303 e. The predicted octanol–water partition coefficient (Wildman–Crippen LogP) is 3.06. The van der Waals surface area contributed by atoms with Crippen LogP contribution >= 0.6 is 0 Å². The van der Waals surface area contributed by atoms with Gasteiger partial charge < -0.3 is 10.0 Å². The zero-order valence-corrected chi connectivity index (χ0v) is 15.1. The first-order valence-corrected chi connectivity index (χ1v) is 9.59. The van der Waals surface area contributed by atoms with Crippen molar-refractivity contribution in [3.05, 3.63) is 23.8 Å². The van der Waals surface area contributed by atoms with Crippen LogP contribution in [-0.2, 0) is 20.3 Å². The fraction of sp³-hybridized carbons (Fsp3) is 0.588. The molecule has 0 saturated carbocycles. The van der Waals surface area contributed by atoms with Crippen molar-refractivity contribution in [1.82, 2.24) is 0 Å². The molecule has 0 aliphatic carbocycles. The second-order valence-electron chi connectivity index (χ2n) is 6.95. The summed E-state index contributed by atoms with van der Waals surface area (Å²) in [4.78, 5) is 12.7. The molecule has 1 aliphatic rings. The Bertz CT molecular complexity index is 726. The summed E-state index contributed by atoms with van der Waals surface area (Å²) >= 11 is 0. The van der Waals surface area contributed by atoms with Crippen molar-refractivity contribution >= 4 is 21.8 Å². The van der Waals surface area contributed by atoms with Crippen molar-refractivity contribution in [2.45, 2.75) is 62.8 Å². The molecular weight excluding hydrogens is 330 g/mol. The number of carbonyl (C=O) groups is 1. The van der Waals surface area contributed by atoms with E-state index in [0.29, 0.717) is 6.42 Å². The number of nitrogens with zero attached hydrogens (tertiary/aromatic N) is 1. The average molecular weight is 355 g/mol. The normalized spacial score (nSPS) is 19.3. The summed E-state index contributed by atoms with van der Waals surface area (Å²) in [6, 6.07) is 4.93. The molecule has 134 valence electrons. The van der Waals surface area contributed by atoms with Gasteiger partial charge in [-0.2, -0.15) is 8.42 Å². The lowest BCUT2D eigenvalue weighted by Gasteiger charge is -2.31. The van der Waals surface area contributed by atoms with Gasteiger partial charge in [0.15, 0.2) is 0 Å². The summed E-state index contributed by atoms with van der Waals surface area (Å²) in [5.74, 6) is -0.770. The Balaban J connectivity index is 2.17. The zero-order valence-electron chi connectivity index (χ0n) is 14.3. The molecule has 1 aromatic carbocycles. The number of unbranched alkanes of at least 4 members (excludes halogenated alkanes) is 2. The van der Waals surface area contributed by atoms with Crippen LogP contribution in [0.2, 0.25) is 0 Å². The molecule has 6 nitrogen and oxygen atoms in total. The van der Waals surface area contributed by atoms with E-state index >= 15 is 0 Å². The highest BCUT2D eigenvalue weighted by Gasteiger charge is 2.42. The fourth-order valence-electron chi connectivity index (χ4n) is 3.31. The molecule has 2 rings (SSSR count). The zero-order chi connectivity index (χ0) is 18.1. The van der Waals surface area contributed by atoms with Crippen molar-refractivity contribution in [2.75, 3.05) is 11.4 Å². The van der Waals surface area contributed by atoms with Gasteiger partial charge in [-0.3, -0.25) is 9.35 Å². The molecule has 7 heteroatoms. The minimum absolute atomic E-state index is 0.0789. The number of benzene rings is 1. The maximum absolute atomic E-state index is 11.4.